The number of aryl methyl sites for hydroxylation is 2. The van der Waals surface area contributed by atoms with Crippen LogP contribution in [-0.4, -0.2) is 81.9 Å². The highest BCUT2D eigenvalue weighted by molar-refractivity contribution is 7.89. The molecule has 210 valence electrons. The smallest absolute Gasteiger partial charge is 0.247 e. The van der Waals surface area contributed by atoms with Gasteiger partial charge in [-0.25, -0.2) is 13.9 Å². The Hall–Kier alpha value is -2.66. The van der Waals surface area contributed by atoms with Crippen LogP contribution in [0.4, 0.5) is 11.4 Å². The molecule has 0 aliphatic carbocycles. The molecule has 2 heterocycles. The van der Waals surface area contributed by atoms with Gasteiger partial charge in [0.15, 0.2) is 0 Å². The minimum Gasteiger partial charge on any atom is -0.369 e. The molecular weight excluding hydrogens is 502 g/mol. The molecule has 2 saturated heterocycles. The Labute approximate surface area is 227 Å². The van der Waals surface area contributed by atoms with E-state index in [-0.39, 0.29) is 11.7 Å². The predicted octanol–water partition coefficient (Wildman–Crippen LogP) is 2.63. The highest BCUT2D eigenvalue weighted by Gasteiger charge is 2.33. The van der Waals surface area contributed by atoms with Crippen LogP contribution in [0.15, 0.2) is 48.5 Å². The maximum Gasteiger partial charge on any atom is 0.247 e. The Morgan fingerprint density at radius 2 is 1.34 bits per heavy atom. The summed E-state index contributed by atoms with van der Waals surface area (Å²) in [6.45, 7) is 14.2. The molecule has 0 saturated carbocycles. The van der Waals surface area contributed by atoms with Gasteiger partial charge in [0.05, 0.1) is 11.7 Å². The summed E-state index contributed by atoms with van der Waals surface area (Å²) < 4.78 is 26.8. The first-order chi connectivity index (χ1) is 18.1. The van der Waals surface area contributed by atoms with E-state index in [9.17, 15) is 13.2 Å². The number of amides is 1. The zero-order chi connectivity index (χ0) is 27.7. The van der Waals surface area contributed by atoms with Crippen LogP contribution in [0, 0.1) is 25.7 Å². The van der Waals surface area contributed by atoms with Crippen molar-refractivity contribution < 1.29 is 18.4 Å². The van der Waals surface area contributed by atoms with Crippen molar-refractivity contribution in [2.45, 2.75) is 27.7 Å². The normalized spacial score (nSPS) is 17.5. The number of carbonyl (C=O) groups excluding carboxylic acids is 1. The average Bonchev–Trinajstić information content (AvgIpc) is 2.93. The van der Waals surface area contributed by atoms with Gasteiger partial charge in [0, 0.05) is 63.7 Å². The van der Waals surface area contributed by atoms with Crippen LogP contribution in [0.1, 0.15) is 25.0 Å². The highest BCUT2D eigenvalue weighted by Crippen LogP contribution is 2.23. The van der Waals surface area contributed by atoms with Gasteiger partial charge in [0.25, 0.3) is 0 Å². The number of benzene rings is 2. The molecule has 0 radical (unpaired) electrons. The molecule has 2 aliphatic heterocycles. The number of rotatable bonds is 7. The number of sulfonamides is 1. The molecule has 0 bridgehead atoms. The van der Waals surface area contributed by atoms with Gasteiger partial charge < -0.3 is 15.1 Å². The lowest BCUT2D eigenvalue weighted by atomic mass is 9.97. The summed E-state index contributed by atoms with van der Waals surface area (Å²) in [6, 6.07) is 16.6. The molecule has 4 rings (SSSR count). The van der Waals surface area contributed by atoms with Crippen LogP contribution >= 0.6 is 0 Å². The molecule has 0 spiro atoms. The summed E-state index contributed by atoms with van der Waals surface area (Å²) in [4.78, 5) is 16.4. The van der Waals surface area contributed by atoms with Gasteiger partial charge in [-0.05, 0) is 43.0 Å². The molecule has 2 fully saturated rings. The third-order valence-electron chi connectivity index (χ3n) is 7.30. The van der Waals surface area contributed by atoms with Crippen molar-refractivity contribution in [1.29, 1.82) is 0 Å². The van der Waals surface area contributed by atoms with Crippen LogP contribution in [0.5, 0.6) is 0 Å². The average molecular weight is 546 g/mol. The Morgan fingerprint density at radius 3 is 1.79 bits per heavy atom. The third-order valence-corrected chi connectivity index (χ3v) is 9.24. The molecule has 2 aromatic rings. The summed E-state index contributed by atoms with van der Waals surface area (Å²) in [6.07, 6.45) is 0. The first-order valence-electron chi connectivity index (χ1n) is 13.4. The SMILES string of the molecule is Cc1ccccc1N1CCN(S(=O)(=O)CC(C(=O)NO)C(C)C)CC1.Cc1ccccc1N1CCNCC1. The molecule has 0 aromatic heterocycles. The van der Waals surface area contributed by atoms with E-state index in [0.29, 0.717) is 26.2 Å². The number of nitrogens with one attached hydrogen (secondary N) is 2. The van der Waals surface area contributed by atoms with E-state index in [1.54, 1.807) is 19.3 Å². The van der Waals surface area contributed by atoms with E-state index in [1.165, 1.54) is 21.1 Å². The van der Waals surface area contributed by atoms with Gasteiger partial charge in [0.1, 0.15) is 0 Å². The molecule has 2 aliphatic rings. The van der Waals surface area contributed by atoms with Crippen LogP contribution in [0.25, 0.3) is 0 Å². The van der Waals surface area contributed by atoms with E-state index in [4.69, 9.17) is 5.21 Å². The Bertz CT molecular complexity index is 1140. The van der Waals surface area contributed by atoms with Crippen molar-refractivity contribution in [2.75, 3.05) is 67.9 Å². The minimum absolute atomic E-state index is 0.185. The van der Waals surface area contributed by atoms with Crippen LogP contribution in [0.2, 0.25) is 0 Å². The quantitative estimate of drug-likeness (QED) is 0.363. The van der Waals surface area contributed by atoms with Crippen molar-refractivity contribution >= 4 is 27.3 Å². The van der Waals surface area contributed by atoms with E-state index in [2.05, 4.69) is 46.3 Å². The molecule has 10 heteroatoms. The van der Waals surface area contributed by atoms with Crippen molar-refractivity contribution in [1.82, 2.24) is 15.1 Å². The van der Waals surface area contributed by atoms with Gasteiger partial charge >= 0.3 is 0 Å². The number of para-hydroxylation sites is 2. The lowest BCUT2D eigenvalue weighted by Gasteiger charge is -2.36. The second-order valence-electron chi connectivity index (χ2n) is 10.3. The predicted molar refractivity (Wildman–Crippen MR) is 153 cm³/mol. The topological polar surface area (TPSA) is 105 Å². The van der Waals surface area contributed by atoms with Gasteiger partial charge in [-0.3, -0.25) is 10.0 Å². The van der Waals surface area contributed by atoms with E-state index < -0.39 is 21.8 Å². The standard InChI is InChI=1S/C17H27N3O4S.C11H16N2/c1-13(2)15(17(21)18-22)12-25(23,24)20-10-8-19(9-11-20)16-7-5-4-6-14(16)3;1-10-4-2-3-5-11(10)13-8-6-12-7-9-13/h4-7,13,15,22H,8-12H2,1-3H3,(H,18,21);2-5,12H,6-9H2,1H3. The zero-order valence-electron chi connectivity index (χ0n) is 23.1. The molecular formula is C28H43N5O4S. The largest absolute Gasteiger partial charge is 0.369 e. The molecule has 9 nitrogen and oxygen atoms in total. The van der Waals surface area contributed by atoms with E-state index in [1.807, 2.05) is 31.2 Å². The van der Waals surface area contributed by atoms with Gasteiger partial charge in [-0.15, -0.1) is 0 Å². The first-order valence-corrected chi connectivity index (χ1v) is 15.0. The summed E-state index contributed by atoms with van der Waals surface area (Å²) in [5, 5.41) is 12.2. The molecule has 2 aromatic carbocycles. The zero-order valence-corrected chi connectivity index (χ0v) is 23.9. The summed E-state index contributed by atoms with van der Waals surface area (Å²) in [5.41, 5.74) is 6.64. The lowest BCUT2D eigenvalue weighted by molar-refractivity contribution is -0.134. The number of nitrogens with zero attached hydrogens (tertiary/aromatic N) is 3. The number of anilines is 2. The molecule has 1 amide bonds. The van der Waals surface area contributed by atoms with Crippen molar-refractivity contribution in [3.63, 3.8) is 0 Å². The maximum absolute atomic E-state index is 12.7. The fraction of sp³-hybridized carbons (Fsp3) is 0.536. The monoisotopic (exact) mass is 545 g/mol. The Kier molecular flexibility index (Phi) is 11.0. The van der Waals surface area contributed by atoms with Crippen molar-refractivity contribution in [3.05, 3.63) is 59.7 Å². The Balaban J connectivity index is 0.000000256. The van der Waals surface area contributed by atoms with Crippen molar-refractivity contribution in [3.8, 4) is 0 Å². The van der Waals surface area contributed by atoms with Crippen LogP contribution < -0.4 is 20.6 Å². The fourth-order valence-corrected chi connectivity index (χ4v) is 6.86. The lowest BCUT2D eigenvalue weighted by Crippen LogP contribution is -2.51. The summed E-state index contributed by atoms with van der Waals surface area (Å²) in [5.74, 6) is -1.90. The fourth-order valence-electron chi connectivity index (χ4n) is 4.94. The highest BCUT2D eigenvalue weighted by atomic mass is 32.2. The molecule has 1 atom stereocenters. The van der Waals surface area contributed by atoms with E-state index in [0.717, 1.165) is 31.9 Å². The Morgan fingerprint density at radius 1 is 0.868 bits per heavy atom. The van der Waals surface area contributed by atoms with Crippen molar-refractivity contribution in [2.24, 2.45) is 11.8 Å². The van der Waals surface area contributed by atoms with Gasteiger partial charge in [0.2, 0.25) is 15.9 Å². The van der Waals surface area contributed by atoms with E-state index >= 15 is 0 Å². The van der Waals surface area contributed by atoms with Gasteiger partial charge in [-0.2, -0.15) is 4.31 Å². The number of hydroxylamine groups is 1. The molecule has 1 unspecified atom stereocenters. The number of hydrogen-bond acceptors (Lipinski definition) is 7. The third kappa shape index (κ3) is 7.92. The second kappa shape index (κ2) is 13.9. The first kappa shape index (κ1) is 29.9. The summed E-state index contributed by atoms with van der Waals surface area (Å²) >= 11 is 0. The number of hydrogen-bond donors (Lipinski definition) is 3. The second-order valence-corrected chi connectivity index (χ2v) is 12.3. The number of carbonyl (C=O) groups is 1. The summed E-state index contributed by atoms with van der Waals surface area (Å²) in [7, 11) is -3.56. The number of piperazine rings is 2. The van der Waals surface area contributed by atoms with Crippen LogP contribution in [-0.2, 0) is 14.8 Å². The van der Waals surface area contributed by atoms with Gasteiger partial charge in [-0.1, -0.05) is 50.2 Å². The van der Waals surface area contributed by atoms with Crippen LogP contribution in [0.3, 0.4) is 0 Å². The molecule has 3 N–H and O–H groups in total. The molecule has 38 heavy (non-hydrogen) atoms. The maximum atomic E-state index is 12.7. The minimum atomic E-state index is -3.56.